The summed E-state index contributed by atoms with van der Waals surface area (Å²) in [6.45, 7) is 0.515. The van der Waals surface area contributed by atoms with Crippen LogP contribution in [-0.4, -0.2) is 18.3 Å². The molecule has 0 aliphatic heterocycles. The molecule has 20 heavy (non-hydrogen) atoms. The van der Waals surface area contributed by atoms with Gasteiger partial charge in [-0.1, -0.05) is 25.3 Å². The summed E-state index contributed by atoms with van der Waals surface area (Å²) in [7, 11) is 0. The molecule has 0 bridgehead atoms. The van der Waals surface area contributed by atoms with Gasteiger partial charge in [-0.25, -0.2) is 4.39 Å². The molecular weight excluding hydrogens is 345 g/mol. The monoisotopic (exact) mass is 361 g/mol. The summed E-state index contributed by atoms with van der Waals surface area (Å²) in [4.78, 5) is 12.1. The number of carbonyl (C=O) groups is 1. The number of hydrogen-bond acceptors (Lipinski definition) is 1. The standard InChI is InChI=1S/C15H18BrClFNO/c16-12-6-4-5-11(13(12)18)14(20)19-10-15(9-17)7-2-1-3-8-15/h4-6H,1-3,7-10H2,(H,19,20). The third-order valence-electron chi connectivity index (χ3n) is 4.02. The zero-order valence-electron chi connectivity index (χ0n) is 11.2. The van der Waals surface area contributed by atoms with E-state index in [4.69, 9.17) is 11.6 Å². The van der Waals surface area contributed by atoms with Gasteiger partial charge in [0.2, 0.25) is 0 Å². The second kappa shape index (κ2) is 6.90. The molecule has 0 heterocycles. The van der Waals surface area contributed by atoms with Crippen molar-refractivity contribution in [2.45, 2.75) is 32.1 Å². The lowest BCUT2D eigenvalue weighted by molar-refractivity contribution is 0.0916. The van der Waals surface area contributed by atoms with E-state index in [1.165, 1.54) is 12.5 Å². The van der Waals surface area contributed by atoms with Crippen molar-refractivity contribution >= 4 is 33.4 Å². The summed E-state index contributed by atoms with van der Waals surface area (Å²) < 4.78 is 14.2. The van der Waals surface area contributed by atoms with E-state index < -0.39 is 5.82 Å². The number of hydrogen-bond donors (Lipinski definition) is 1. The van der Waals surface area contributed by atoms with Gasteiger partial charge >= 0.3 is 0 Å². The molecule has 110 valence electrons. The van der Waals surface area contributed by atoms with E-state index in [1.54, 1.807) is 12.1 Å². The predicted octanol–water partition coefficient (Wildman–Crippen LogP) is 4.51. The summed E-state index contributed by atoms with van der Waals surface area (Å²) in [6, 6.07) is 4.72. The summed E-state index contributed by atoms with van der Waals surface area (Å²) in [5.41, 5.74) is 0.0396. The highest BCUT2D eigenvalue weighted by atomic mass is 79.9. The fourth-order valence-electron chi connectivity index (χ4n) is 2.70. The van der Waals surface area contributed by atoms with Crippen molar-refractivity contribution in [2.75, 3.05) is 12.4 Å². The number of amides is 1. The van der Waals surface area contributed by atoms with E-state index in [2.05, 4.69) is 21.2 Å². The molecule has 1 aliphatic rings. The maximum Gasteiger partial charge on any atom is 0.254 e. The fourth-order valence-corrected chi connectivity index (χ4v) is 3.43. The van der Waals surface area contributed by atoms with Gasteiger partial charge in [-0.05, 0) is 40.9 Å². The Morgan fingerprint density at radius 3 is 2.70 bits per heavy atom. The van der Waals surface area contributed by atoms with Crippen LogP contribution < -0.4 is 5.32 Å². The third kappa shape index (κ3) is 3.53. The molecule has 1 amide bonds. The molecule has 2 nitrogen and oxygen atoms in total. The van der Waals surface area contributed by atoms with Gasteiger partial charge in [0, 0.05) is 17.8 Å². The molecule has 0 spiro atoms. The van der Waals surface area contributed by atoms with Crippen LogP contribution >= 0.6 is 27.5 Å². The highest BCUT2D eigenvalue weighted by Gasteiger charge is 2.31. The summed E-state index contributed by atoms with van der Waals surface area (Å²) >= 11 is 9.18. The van der Waals surface area contributed by atoms with E-state index in [0.29, 0.717) is 16.9 Å². The Hall–Kier alpha value is -0.610. The fraction of sp³-hybridized carbons (Fsp3) is 0.533. The minimum Gasteiger partial charge on any atom is -0.351 e. The Bertz CT molecular complexity index is 489. The van der Waals surface area contributed by atoms with Crippen molar-refractivity contribution in [3.63, 3.8) is 0 Å². The van der Waals surface area contributed by atoms with Crippen LogP contribution in [0.1, 0.15) is 42.5 Å². The molecule has 1 fully saturated rings. The maximum absolute atomic E-state index is 13.9. The molecule has 1 aromatic carbocycles. The van der Waals surface area contributed by atoms with Gasteiger partial charge in [0.05, 0.1) is 10.0 Å². The topological polar surface area (TPSA) is 29.1 Å². The first-order chi connectivity index (χ1) is 9.58. The lowest BCUT2D eigenvalue weighted by Crippen LogP contribution is -2.40. The number of nitrogens with one attached hydrogen (secondary N) is 1. The van der Waals surface area contributed by atoms with Crippen LogP contribution in [0.4, 0.5) is 4.39 Å². The molecule has 0 aromatic heterocycles. The number of halogens is 3. The van der Waals surface area contributed by atoms with Gasteiger partial charge in [-0.3, -0.25) is 4.79 Å². The molecule has 1 saturated carbocycles. The van der Waals surface area contributed by atoms with Crippen molar-refractivity contribution in [1.29, 1.82) is 0 Å². The molecule has 1 aromatic rings. The van der Waals surface area contributed by atoms with E-state index >= 15 is 0 Å². The third-order valence-corrected chi connectivity index (χ3v) is 5.20. The lowest BCUT2D eigenvalue weighted by Gasteiger charge is -2.35. The first-order valence-electron chi connectivity index (χ1n) is 6.86. The van der Waals surface area contributed by atoms with Crippen LogP contribution in [0.3, 0.4) is 0 Å². The van der Waals surface area contributed by atoms with Crippen molar-refractivity contribution in [1.82, 2.24) is 5.32 Å². The van der Waals surface area contributed by atoms with E-state index in [1.807, 2.05) is 0 Å². The van der Waals surface area contributed by atoms with Crippen LogP contribution in [0.2, 0.25) is 0 Å². The molecule has 0 atom stereocenters. The number of carbonyl (C=O) groups excluding carboxylic acids is 1. The first kappa shape index (κ1) is 15.8. The maximum atomic E-state index is 13.9. The highest BCUT2D eigenvalue weighted by Crippen LogP contribution is 2.36. The lowest BCUT2D eigenvalue weighted by atomic mass is 9.75. The molecule has 2 rings (SSSR count). The van der Waals surface area contributed by atoms with Crippen LogP contribution in [0.5, 0.6) is 0 Å². The van der Waals surface area contributed by atoms with Gasteiger partial charge in [-0.15, -0.1) is 11.6 Å². The summed E-state index contributed by atoms with van der Waals surface area (Å²) in [6.07, 6.45) is 5.57. The molecule has 0 radical (unpaired) electrons. The van der Waals surface area contributed by atoms with Gasteiger partial charge in [-0.2, -0.15) is 0 Å². The molecule has 0 saturated heterocycles. The van der Waals surface area contributed by atoms with Crippen molar-refractivity contribution in [3.8, 4) is 0 Å². The molecule has 1 aliphatic carbocycles. The quantitative estimate of drug-likeness (QED) is 0.785. The average molecular weight is 363 g/mol. The normalized spacial score (nSPS) is 17.8. The van der Waals surface area contributed by atoms with Gasteiger partial charge < -0.3 is 5.32 Å². The Kier molecular flexibility index (Phi) is 5.44. The van der Waals surface area contributed by atoms with Crippen molar-refractivity contribution in [2.24, 2.45) is 5.41 Å². The second-order valence-electron chi connectivity index (χ2n) is 5.48. The SMILES string of the molecule is O=C(NCC1(CCl)CCCCC1)c1cccc(Br)c1F. The molecule has 0 unspecified atom stereocenters. The highest BCUT2D eigenvalue weighted by molar-refractivity contribution is 9.10. The van der Waals surface area contributed by atoms with E-state index in [-0.39, 0.29) is 16.9 Å². The summed E-state index contributed by atoms with van der Waals surface area (Å²) in [5, 5.41) is 2.84. The van der Waals surface area contributed by atoms with Crippen LogP contribution in [0.15, 0.2) is 22.7 Å². The largest absolute Gasteiger partial charge is 0.351 e. The number of benzene rings is 1. The van der Waals surface area contributed by atoms with Crippen LogP contribution in [-0.2, 0) is 0 Å². The van der Waals surface area contributed by atoms with Gasteiger partial charge in [0.25, 0.3) is 5.91 Å². The number of alkyl halides is 1. The number of rotatable bonds is 4. The molecule has 1 N–H and O–H groups in total. The van der Waals surface area contributed by atoms with E-state index in [9.17, 15) is 9.18 Å². The predicted molar refractivity (Wildman–Crippen MR) is 82.7 cm³/mol. The smallest absolute Gasteiger partial charge is 0.254 e. The minimum atomic E-state index is -0.520. The van der Waals surface area contributed by atoms with Crippen molar-refractivity contribution in [3.05, 3.63) is 34.1 Å². The first-order valence-corrected chi connectivity index (χ1v) is 8.19. The Morgan fingerprint density at radius 2 is 2.05 bits per heavy atom. The zero-order chi connectivity index (χ0) is 14.6. The second-order valence-corrected chi connectivity index (χ2v) is 6.60. The Balaban J connectivity index is 2.02. The van der Waals surface area contributed by atoms with Gasteiger partial charge in [0.1, 0.15) is 5.82 Å². The van der Waals surface area contributed by atoms with E-state index in [0.717, 1.165) is 25.7 Å². The van der Waals surface area contributed by atoms with Crippen molar-refractivity contribution < 1.29 is 9.18 Å². The Morgan fingerprint density at radius 1 is 1.35 bits per heavy atom. The summed E-state index contributed by atoms with van der Waals surface area (Å²) in [5.74, 6) is -0.360. The van der Waals surface area contributed by atoms with Crippen LogP contribution in [0.25, 0.3) is 0 Å². The Labute approximate surface area is 132 Å². The zero-order valence-corrected chi connectivity index (χ0v) is 13.6. The van der Waals surface area contributed by atoms with Crippen LogP contribution in [0, 0.1) is 11.2 Å². The van der Waals surface area contributed by atoms with Gasteiger partial charge in [0.15, 0.2) is 0 Å². The average Bonchev–Trinajstić information content (AvgIpc) is 2.48. The molecule has 5 heteroatoms. The minimum absolute atomic E-state index is 0.0298. The molecular formula is C15H18BrClFNO.